The summed E-state index contributed by atoms with van der Waals surface area (Å²) in [6.07, 6.45) is -0.501. The van der Waals surface area contributed by atoms with Crippen molar-refractivity contribution in [2.24, 2.45) is 5.73 Å². The molecule has 0 aromatic heterocycles. The van der Waals surface area contributed by atoms with Gasteiger partial charge in [-0.05, 0) is 41.5 Å². The molecule has 0 spiro atoms. The van der Waals surface area contributed by atoms with Crippen LogP contribution in [-0.2, 0) is 6.42 Å². The van der Waals surface area contributed by atoms with Crippen LogP contribution < -0.4 is 20.8 Å². The lowest BCUT2D eigenvalue weighted by molar-refractivity contribution is 0.149. The van der Waals surface area contributed by atoms with Gasteiger partial charge in [-0.25, -0.2) is 13.2 Å². The van der Waals surface area contributed by atoms with E-state index in [4.69, 9.17) is 15.3 Å². The molecule has 0 saturated carbocycles. The van der Waals surface area contributed by atoms with E-state index in [1.807, 2.05) is 24.3 Å². The summed E-state index contributed by atoms with van der Waals surface area (Å²) in [5.41, 5.74) is 9.62. The van der Waals surface area contributed by atoms with E-state index in [1.54, 1.807) is 13.1 Å². The van der Waals surface area contributed by atoms with Crippen LogP contribution in [0.5, 0.6) is 11.5 Å². The largest absolute Gasteiger partial charge is 0.484 e. The molecule has 7 heteroatoms. The fourth-order valence-electron chi connectivity index (χ4n) is 3.47. The second-order valence-electron chi connectivity index (χ2n) is 6.43. The highest BCUT2D eigenvalue weighted by Gasteiger charge is 2.32. The summed E-state index contributed by atoms with van der Waals surface area (Å²) in [5, 5.41) is 1.88. The fraction of sp³-hybridized carbons (Fsp3) is 0.200. The van der Waals surface area contributed by atoms with Crippen LogP contribution in [0.3, 0.4) is 0 Å². The fourth-order valence-corrected chi connectivity index (χ4v) is 3.47. The number of nitrogens with one attached hydrogen (secondary N) is 1. The standard InChI is InChI=1S/C20H17F3N2O2/c1-25-27-11-3-4-12-10(6-11)2-5-19-13(12)8-18(24)20(26-19)14-7-16(22)17(23)9-15(14)21/h2-7,9,18,20,25H,8,24H2,1H3. The van der Waals surface area contributed by atoms with Crippen LogP contribution in [0.1, 0.15) is 17.2 Å². The lowest BCUT2D eigenvalue weighted by atomic mass is 9.90. The van der Waals surface area contributed by atoms with Crippen LogP contribution in [0.2, 0.25) is 0 Å². The highest BCUT2D eigenvalue weighted by molar-refractivity contribution is 5.89. The Morgan fingerprint density at radius 1 is 1.04 bits per heavy atom. The van der Waals surface area contributed by atoms with Crippen LogP contribution >= 0.6 is 0 Å². The first-order valence-electron chi connectivity index (χ1n) is 8.44. The summed E-state index contributed by atoms with van der Waals surface area (Å²) < 4.78 is 46.9. The normalized spacial score (nSPS) is 18.9. The zero-order valence-electron chi connectivity index (χ0n) is 14.4. The van der Waals surface area contributed by atoms with Gasteiger partial charge in [0.25, 0.3) is 0 Å². The van der Waals surface area contributed by atoms with Gasteiger partial charge in [0.15, 0.2) is 11.6 Å². The molecule has 0 radical (unpaired) electrons. The first kappa shape index (κ1) is 17.6. The summed E-state index contributed by atoms with van der Waals surface area (Å²) in [5.74, 6) is -2.06. The average Bonchev–Trinajstić information content (AvgIpc) is 2.64. The van der Waals surface area contributed by atoms with E-state index in [9.17, 15) is 13.2 Å². The van der Waals surface area contributed by atoms with Crippen LogP contribution in [0.4, 0.5) is 13.2 Å². The number of halogens is 3. The van der Waals surface area contributed by atoms with Gasteiger partial charge in [-0.3, -0.25) is 0 Å². The highest BCUT2D eigenvalue weighted by atomic mass is 19.2. The van der Waals surface area contributed by atoms with Crippen molar-refractivity contribution >= 4 is 10.8 Å². The zero-order valence-corrected chi connectivity index (χ0v) is 14.4. The Labute approximate surface area is 153 Å². The Morgan fingerprint density at radius 3 is 2.59 bits per heavy atom. The van der Waals surface area contributed by atoms with Crippen LogP contribution in [-0.4, -0.2) is 13.1 Å². The molecular weight excluding hydrogens is 357 g/mol. The molecule has 0 saturated heterocycles. The molecule has 1 heterocycles. The third-order valence-electron chi connectivity index (χ3n) is 4.71. The van der Waals surface area contributed by atoms with E-state index in [0.717, 1.165) is 22.4 Å². The topological polar surface area (TPSA) is 56.5 Å². The van der Waals surface area contributed by atoms with E-state index in [-0.39, 0.29) is 5.56 Å². The number of hydrogen-bond donors (Lipinski definition) is 2. The van der Waals surface area contributed by atoms with Crippen LogP contribution in [0.15, 0.2) is 42.5 Å². The molecule has 140 valence electrons. The highest BCUT2D eigenvalue weighted by Crippen LogP contribution is 2.40. The van der Waals surface area contributed by atoms with Gasteiger partial charge in [0, 0.05) is 24.2 Å². The van der Waals surface area contributed by atoms with Crippen molar-refractivity contribution in [3.05, 3.63) is 71.0 Å². The number of nitrogens with two attached hydrogens (primary N) is 1. The van der Waals surface area contributed by atoms with Crippen LogP contribution in [0, 0.1) is 17.5 Å². The number of hydroxylamine groups is 1. The molecule has 27 heavy (non-hydrogen) atoms. The molecule has 2 unspecified atom stereocenters. The SMILES string of the molecule is CNOc1ccc2c3c(ccc2c1)OC(c1cc(F)c(F)cc1F)C(N)C3. The number of benzene rings is 3. The first-order chi connectivity index (χ1) is 13.0. The minimum atomic E-state index is -1.24. The van der Waals surface area contributed by atoms with Crippen molar-refractivity contribution in [3.63, 3.8) is 0 Å². The van der Waals surface area contributed by atoms with Gasteiger partial charge in [-0.2, -0.15) is 5.48 Å². The molecule has 4 nitrogen and oxygen atoms in total. The molecule has 3 aromatic carbocycles. The van der Waals surface area contributed by atoms with Crippen molar-refractivity contribution in [3.8, 4) is 11.5 Å². The summed E-state index contributed by atoms with van der Waals surface area (Å²) in [6, 6.07) is 9.90. The predicted octanol–water partition coefficient (Wildman–Crippen LogP) is 3.77. The Morgan fingerprint density at radius 2 is 1.81 bits per heavy atom. The molecule has 3 N–H and O–H groups in total. The minimum Gasteiger partial charge on any atom is -0.484 e. The summed E-state index contributed by atoms with van der Waals surface area (Å²) in [6.45, 7) is 0. The molecule has 0 aliphatic carbocycles. The predicted molar refractivity (Wildman–Crippen MR) is 95.0 cm³/mol. The molecule has 0 fully saturated rings. The number of hydrogen-bond acceptors (Lipinski definition) is 4. The maximum absolute atomic E-state index is 14.2. The smallest absolute Gasteiger partial charge is 0.161 e. The zero-order chi connectivity index (χ0) is 19.1. The monoisotopic (exact) mass is 374 g/mol. The quantitative estimate of drug-likeness (QED) is 0.541. The van der Waals surface area contributed by atoms with E-state index in [0.29, 0.717) is 24.0 Å². The van der Waals surface area contributed by atoms with Crippen molar-refractivity contribution < 1.29 is 22.7 Å². The Bertz CT molecular complexity index is 1030. The van der Waals surface area contributed by atoms with E-state index in [1.165, 1.54) is 0 Å². The Balaban J connectivity index is 1.74. The number of ether oxygens (including phenoxy) is 1. The molecule has 1 aliphatic heterocycles. The third kappa shape index (κ3) is 3.09. The lowest BCUT2D eigenvalue weighted by Gasteiger charge is -2.32. The molecule has 4 rings (SSSR count). The van der Waals surface area contributed by atoms with Gasteiger partial charge in [-0.1, -0.05) is 12.1 Å². The first-order valence-corrected chi connectivity index (χ1v) is 8.44. The molecule has 1 aliphatic rings. The van der Waals surface area contributed by atoms with Gasteiger partial charge in [0.05, 0.1) is 6.04 Å². The Hall–Kier alpha value is -2.77. The summed E-state index contributed by atoms with van der Waals surface area (Å²) >= 11 is 0. The van der Waals surface area contributed by atoms with Gasteiger partial charge in [0.2, 0.25) is 0 Å². The molecule has 0 amide bonds. The summed E-state index contributed by atoms with van der Waals surface area (Å²) in [4.78, 5) is 5.27. The second-order valence-corrected chi connectivity index (χ2v) is 6.43. The third-order valence-corrected chi connectivity index (χ3v) is 4.71. The Kier molecular flexibility index (Phi) is 4.41. The van der Waals surface area contributed by atoms with Gasteiger partial charge in [-0.15, -0.1) is 0 Å². The molecular formula is C20H17F3N2O2. The maximum Gasteiger partial charge on any atom is 0.161 e. The number of rotatable bonds is 3. The van der Waals surface area contributed by atoms with E-state index in [2.05, 4.69) is 5.48 Å². The maximum atomic E-state index is 14.2. The minimum absolute atomic E-state index is 0.0927. The van der Waals surface area contributed by atoms with Crippen molar-refractivity contribution in [1.82, 2.24) is 5.48 Å². The molecule has 3 aromatic rings. The van der Waals surface area contributed by atoms with E-state index >= 15 is 0 Å². The van der Waals surface area contributed by atoms with Crippen molar-refractivity contribution in [1.29, 1.82) is 0 Å². The van der Waals surface area contributed by atoms with E-state index < -0.39 is 29.6 Å². The summed E-state index contributed by atoms with van der Waals surface area (Å²) in [7, 11) is 1.67. The second kappa shape index (κ2) is 6.75. The van der Waals surface area contributed by atoms with Gasteiger partial charge >= 0.3 is 0 Å². The van der Waals surface area contributed by atoms with Crippen LogP contribution in [0.25, 0.3) is 10.8 Å². The van der Waals surface area contributed by atoms with Gasteiger partial charge in [0.1, 0.15) is 23.4 Å². The average molecular weight is 374 g/mol. The molecule has 2 atom stereocenters. The van der Waals surface area contributed by atoms with Gasteiger partial charge < -0.3 is 15.3 Å². The lowest BCUT2D eigenvalue weighted by Crippen LogP contribution is -2.38. The van der Waals surface area contributed by atoms with Crippen molar-refractivity contribution in [2.45, 2.75) is 18.6 Å². The van der Waals surface area contributed by atoms with Crippen molar-refractivity contribution in [2.75, 3.05) is 7.05 Å². The molecule has 0 bridgehead atoms. The number of fused-ring (bicyclic) bond motifs is 3.